The van der Waals surface area contributed by atoms with Gasteiger partial charge in [0, 0.05) is 13.1 Å². The zero-order chi connectivity index (χ0) is 18.1. The minimum atomic E-state index is -3.49. The second-order valence-corrected chi connectivity index (χ2v) is 10.0. The molecule has 1 aromatic carbocycles. The van der Waals surface area contributed by atoms with Gasteiger partial charge in [-0.3, -0.25) is 4.79 Å². The van der Waals surface area contributed by atoms with Gasteiger partial charge in [-0.25, -0.2) is 8.42 Å². The zero-order valence-electron chi connectivity index (χ0n) is 14.4. The van der Waals surface area contributed by atoms with Crippen LogP contribution in [-0.2, 0) is 21.2 Å². The van der Waals surface area contributed by atoms with Crippen molar-refractivity contribution < 1.29 is 13.2 Å². The Bertz CT molecular complexity index is 893. The summed E-state index contributed by atoms with van der Waals surface area (Å²) in [6.07, 6.45) is 3.33. The van der Waals surface area contributed by atoms with Gasteiger partial charge in [-0.05, 0) is 48.3 Å². The molecule has 138 valence electrons. The van der Waals surface area contributed by atoms with Crippen LogP contribution in [0.2, 0.25) is 0 Å². The average Bonchev–Trinajstić information content (AvgIpc) is 3.33. The number of hydrogen-bond donors (Lipinski definition) is 1. The Kier molecular flexibility index (Phi) is 4.86. The number of fused-ring (bicyclic) bond motifs is 1. The van der Waals surface area contributed by atoms with E-state index in [0.29, 0.717) is 17.2 Å². The first-order chi connectivity index (χ1) is 12.6. The van der Waals surface area contributed by atoms with Gasteiger partial charge in [0.2, 0.25) is 5.91 Å². The first-order valence-electron chi connectivity index (χ1n) is 8.97. The van der Waals surface area contributed by atoms with E-state index in [-0.39, 0.29) is 24.4 Å². The summed E-state index contributed by atoms with van der Waals surface area (Å²) in [5.41, 5.74) is 2.49. The number of hydrogen-bond acceptors (Lipinski definition) is 4. The number of piperidine rings is 1. The highest BCUT2D eigenvalue weighted by molar-refractivity contribution is 7.91. The van der Waals surface area contributed by atoms with Crippen molar-refractivity contribution in [1.29, 1.82) is 0 Å². The smallest absolute Gasteiger partial charge is 0.252 e. The van der Waals surface area contributed by atoms with Crippen LogP contribution in [-0.4, -0.2) is 31.7 Å². The second-order valence-electron chi connectivity index (χ2n) is 6.93. The van der Waals surface area contributed by atoms with E-state index in [2.05, 4.69) is 17.4 Å². The fourth-order valence-corrected chi connectivity index (χ4v) is 6.58. The van der Waals surface area contributed by atoms with Crippen molar-refractivity contribution in [2.75, 3.05) is 13.1 Å². The maximum Gasteiger partial charge on any atom is 0.252 e. The largest absolute Gasteiger partial charge is 0.349 e. The summed E-state index contributed by atoms with van der Waals surface area (Å²) in [7, 11) is -3.49. The third kappa shape index (κ3) is 3.31. The molecule has 1 amide bonds. The predicted octanol–water partition coefficient (Wildman–Crippen LogP) is 2.95. The Labute approximate surface area is 158 Å². The third-order valence-corrected chi connectivity index (χ3v) is 8.53. The highest BCUT2D eigenvalue weighted by Crippen LogP contribution is 2.32. The van der Waals surface area contributed by atoms with Gasteiger partial charge in [0.25, 0.3) is 10.0 Å². The first kappa shape index (κ1) is 17.7. The van der Waals surface area contributed by atoms with E-state index in [0.717, 1.165) is 19.3 Å². The number of aryl methyl sites for hydroxylation is 1. The maximum atomic E-state index is 12.8. The van der Waals surface area contributed by atoms with Crippen LogP contribution in [0.15, 0.2) is 46.0 Å². The van der Waals surface area contributed by atoms with E-state index in [1.165, 1.54) is 26.8 Å². The van der Waals surface area contributed by atoms with Crippen molar-refractivity contribution in [2.45, 2.75) is 35.9 Å². The monoisotopic (exact) mass is 390 g/mol. The van der Waals surface area contributed by atoms with E-state index in [9.17, 15) is 13.2 Å². The molecule has 1 N–H and O–H groups in total. The number of sulfonamides is 1. The summed E-state index contributed by atoms with van der Waals surface area (Å²) >= 11 is 1.22. The molecule has 1 aliphatic carbocycles. The fraction of sp³-hybridized carbons (Fsp3) is 0.421. The van der Waals surface area contributed by atoms with Crippen LogP contribution in [0.3, 0.4) is 0 Å². The van der Waals surface area contributed by atoms with Gasteiger partial charge < -0.3 is 5.32 Å². The quantitative estimate of drug-likeness (QED) is 0.873. The number of nitrogens with one attached hydrogen (secondary N) is 1. The Morgan fingerprint density at radius 2 is 2.00 bits per heavy atom. The molecule has 26 heavy (non-hydrogen) atoms. The van der Waals surface area contributed by atoms with E-state index < -0.39 is 10.0 Å². The van der Waals surface area contributed by atoms with Crippen LogP contribution in [0.1, 0.15) is 36.4 Å². The molecular formula is C19H22N2O3S2. The molecule has 1 saturated heterocycles. The van der Waals surface area contributed by atoms with E-state index in [4.69, 9.17) is 0 Å². The molecule has 1 aliphatic heterocycles. The summed E-state index contributed by atoms with van der Waals surface area (Å²) < 4.78 is 27.3. The zero-order valence-corrected chi connectivity index (χ0v) is 16.1. The Hall–Kier alpha value is -1.70. The number of carbonyl (C=O) groups is 1. The molecule has 4 rings (SSSR count). The number of carbonyl (C=O) groups excluding carboxylic acids is 1. The summed E-state index contributed by atoms with van der Waals surface area (Å²) in [5.74, 6) is -0.316. The lowest BCUT2D eigenvalue weighted by Crippen LogP contribution is -2.45. The lowest BCUT2D eigenvalue weighted by Gasteiger charge is -2.31. The van der Waals surface area contributed by atoms with E-state index in [1.54, 1.807) is 17.5 Å². The topological polar surface area (TPSA) is 66.5 Å². The predicted molar refractivity (Wildman–Crippen MR) is 101 cm³/mol. The van der Waals surface area contributed by atoms with Crippen molar-refractivity contribution in [3.05, 3.63) is 52.9 Å². The molecule has 2 atom stereocenters. The van der Waals surface area contributed by atoms with E-state index in [1.807, 2.05) is 12.1 Å². The van der Waals surface area contributed by atoms with Gasteiger partial charge in [0.1, 0.15) is 4.21 Å². The lowest BCUT2D eigenvalue weighted by atomic mass is 9.98. The van der Waals surface area contributed by atoms with Crippen LogP contribution in [0.25, 0.3) is 0 Å². The number of rotatable bonds is 4. The van der Waals surface area contributed by atoms with Crippen molar-refractivity contribution in [1.82, 2.24) is 9.62 Å². The Morgan fingerprint density at radius 1 is 1.15 bits per heavy atom. The number of thiophene rings is 1. The summed E-state index contributed by atoms with van der Waals surface area (Å²) in [6.45, 7) is 0.747. The molecule has 2 aliphatic rings. The molecule has 0 radical (unpaired) electrons. The molecule has 1 aromatic heterocycles. The van der Waals surface area contributed by atoms with Crippen LogP contribution in [0.5, 0.6) is 0 Å². The minimum absolute atomic E-state index is 0.0298. The third-order valence-electron chi connectivity index (χ3n) is 5.29. The first-order valence-corrected chi connectivity index (χ1v) is 11.3. The number of nitrogens with zero attached hydrogens (tertiary/aromatic N) is 1. The SMILES string of the molecule is O=C(NC1CCc2ccccc21)C1CCCN(S(=O)(=O)c2cccs2)C1. The molecule has 2 unspecified atom stereocenters. The molecule has 2 heterocycles. The van der Waals surface area contributed by atoms with E-state index >= 15 is 0 Å². The summed E-state index contributed by atoms with van der Waals surface area (Å²) in [6, 6.07) is 11.6. The van der Waals surface area contributed by atoms with Crippen molar-refractivity contribution in [3.8, 4) is 0 Å². The average molecular weight is 391 g/mol. The van der Waals surface area contributed by atoms with Crippen LogP contribution >= 0.6 is 11.3 Å². The number of benzene rings is 1. The fourth-order valence-electron chi connectivity index (χ4n) is 3.91. The van der Waals surface area contributed by atoms with Crippen LogP contribution in [0.4, 0.5) is 0 Å². The second kappa shape index (κ2) is 7.13. The Morgan fingerprint density at radius 3 is 2.81 bits per heavy atom. The molecule has 0 saturated carbocycles. The molecule has 7 heteroatoms. The van der Waals surface area contributed by atoms with Crippen LogP contribution < -0.4 is 5.32 Å². The highest BCUT2D eigenvalue weighted by atomic mass is 32.2. The molecule has 0 bridgehead atoms. The molecule has 1 fully saturated rings. The molecule has 2 aromatic rings. The highest BCUT2D eigenvalue weighted by Gasteiger charge is 2.35. The molecular weight excluding hydrogens is 368 g/mol. The van der Waals surface area contributed by atoms with Crippen molar-refractivity contribution in [3.63, 3.8) is 0 Å². The van der Waals surface area contributed by atoms with Crippen molar-refractivity contribution >= 4 is 27.3 Å². The van der Waals surface area contributed by atoms with Gasteiger partial charge in [0.15, 0.2) is 0 Å². The van der Waals surface area contributed by atoms with Gasteiger partial charge in [-0.1, -0.05) is 30.3 Å². The minimum Gasteiger partial charge on any atom is -0.349 e. The van der Waals surface area contributed by atoms with Gasteiger partial charge in [-0.15, -0.1) is 11.3 Å². The van der Waals surface area contributed by atoms with Gasteiger partial charge >= 0.3 is 0 Å². The Balaban J connectivity index is 1.44. The molecule has 5 nitrogen and oxygen atoms in total. The molecule has 0 spiro atoms. The normalized spacial score (nSPS) is 23.5. The van der Waals surface area contributed by atoms with Gasteiger partial charge in [-0.2, -0.15) is 4.31 Å². The maximum absolute atomic E-state index is 12.8. The summed E-state index contributed by atoms with van der Waals surface area (Å²) in [5, 5.41) is 4.92. The van der Waals surface area contributed by atoms with Crippen molar-refractivity contribution in [2.24, 2.45) is 5.92 Å². The van der Waals surface area contributed by atoms with Crippen LogP contribution in [0, 0.1) is 5.92 Å². The summed E-state index contributed by atoms with van der Waals surface area (Å²) in [4.78, 5) is 12.8. The number of amides is 1. The standard InChI is InChI=1S/C19H22N2O3S2/c22-19(20-17-10-9-14-5-1-2-7-16(14)17)15-6-3-11-21(13-15)26(23,24)18-8-4-12-25-18/h1-2,4-5,7-8,12,15,17H,3,6,9-11,13H2,(H,20,22). The lowest BCUT2D eigenvalue weighted by molar-refractivity contribution is -0.126. The van der Waals surface area contributed by atoms with Gasteiger partial charge in [0.05, 0.1) is 12.0 Å².